The Hall–Kier alpha value is -1.40. The van der Waals surface area contributed by atoms with Crippen molar-refractivity contribution in [1.29, 1.82) is 0 Å². The Balaban J connectivity index is 1.48. The molecule has 2 atom stereocenters. The molecule has 2 aliphatic heterocycles. The van der Waals surface area contributed by atoms with Crippen molar-refractivity contribution in [3.63, 3.8) is 0 Å². The zero-order valence-electron chi connectivity index (χ0n) is 14.4. The molecule has 0 saturated carbocycles. The fourth-order valence-electron chi connectivity index (χ4n) is 4.09. The summed E-state index contributed by atoms with van der Waals surface area (Å²) in [7, 11) is 0. The second kappa shape index (κ2) is 8.12. The second-order valence-corrected chi connectivity index (χ2v) is 7.81. The van der Waals surface area contributed by atoms with Crippen LogP contribution in [-0.2, 0) is 16.0 Å². The highest BCUT2D eigenvalue weighted by Crippen LogP contribution is 2.29. The number of hydrogen-bond acceptors (Lipinski definition) is 4. The molecule has 1 aromatic rings. The van der Waals surface area contributed by atoms with Crippen LogP contribution in [0.4, 0.5) is 0 Å². The number of likely N-dealkylation sites (tertiary alicyclic amines) is 2. The highest BCUT2D eigenvalue weighted by atomic mass is 32.1. The second-order valence-electron chi connectivity index (χ2n) is 6.78. The normalized spacial score (nSPS) is 24.5. The number of nitrogens with one attached hydrogen (secondary N) is 1. The van der Waals surface area contributed by atoms with E-state index in [1.54, 1.807) is 18.3 Å². The van der Waals surface area contributed by atoms with Gasteiger partial charge in [0, 0.05) is 37.0 Å². The molecule has 1 aromatic heterocycles. The van der Waals surface area contributed by atoms with Gasteiger partial charge < -0.3 is 10.2 Å². The number of hydrogen-bond donors (Lipinski definition) is 1. The van der Waals surface area contributed by atoms with Crippen LogP contribution in [0.3, 0.4) is 0 Å². The Morgan fingerprint density at radius 1 is 1.25 bits per heavy atom. The van der Waals surface area contributed by atoms with Gasteiger partial charge in [0.05, 0.1) is 6.54 Å². The van der Waals surface area contributed by atoms with Crippen molar-refractivity contribution < 1.29 is 9.59 Å². The quantitative estimate of drug-likeness (QED) is 0.853. The number of rotatable bonds is 6. The van der Waals surface area contributed by atoms with E-state index in [0.717, 1.165) is 45.2 Å². The molecule has 2 aliphatic rings. The highest BCUT2D eigenvalue weighted by Gasteiger charge is 2.39. The summed E-state index contributed by atoms with van der Waals surface area (Å²) in [4.78, 5) is 29.7. The van der Waals surface area contributed by atoms with Crippen LogP contribution in [0.5, 0.6) is 0 Å². The van der Waals surface area contributed by atoms with Crippen LogP contribution in [-0.4, -0.2) is 59.9 Å². The summed E-state index contributed by atoms with van der Waals surface area (Å²) in [5.74, 6) is 0.274. The van der Waals surface area contributed by atoms with Crippen molar-refractivity contribution in [2.24, 2.45) is 0 Å². The molecule has 132 valence electrons. The lowest BCUT2D eigenvalue weighted by Crippen LogP contribution is -2.50. The number of thiophene rings is 1. The number of carbonyl (C=O) groups excluding carboxylic acids is 2. The molecule has 0 spiro atoms. The van der Waals surface area contributed by atoms with Crippen LogP contribution in [0.15, 0.2) is 17.5 Å². The fourth-order valence-corrected chi connectivity index (χ4v) is 4.80. The Morgan fingerprint density at radius 2 is 2.04 bits per heavy atom. The Morgan fingerprint density at radius 3 is 2.79 bits per heavy atom. The third kappa shape index (κ3) is 4.16. The summed E-state index contributed by atoms with van der Waals surface area (Å²) in [5.41, 5.74) is 0. The molecule has 24 heavy (non-hydrogen) atoms. The monoisotopic (exact) mass is 349 g/mol. The molecule has 3 heterocycles. The average Bonchev–Trinajstić information content (AvgIpc) is 3.28. The molecular weight excluding hydrogens is 322 g/mol. The number of nitrogens with zero attached hydrogens (tertiary/aromatic N) is 2. The van der Waals surface area contributed by atoms with E-state index in [9.17, 15) is 9.59 Å². The van der Waals surface area contributed by atoms with Gasteiger partial charge in [-0.05, 0) is 50.1 Å². The van der Waals surface area contributed by atoms with Gasteiger partial charge in [-0.1, -0.05) is 6.07 Å². The van der Waals surface area contributed by atoms with E-state index < -0.39 is 0 Å². The summed E-state index contributed by atoms with van der Waals surface area (Å²) in [6.45, 7) is 4.65. The Labute approximate surface area is 148 Å². The smallest absolute Gasteiger partial charge is 0.234 e. The van der Waals surface area contributed by atoms with Crippen LogP contribution in [0.1, 0.15) is 37.5 Å². The van der Waals surface area contributed by atoms with E-state index in [4.69, 9.17) is 0 Å². The molecule has 0 bridgehead atoms. The molecule has 0 unspecified atom stereocenters. The SMILES string of the molecule is CC(=O)N1CCC[C@@H]1[C@@H]1CCCN1CC(=O)NCCc1cccs1. The molecule has 2 saturated heterocycles. The third-order valence-electron chi connectivity index (χ3n) is 5.18. The predicted octanol–water partition coefficient (Wildman–Crippen LogP) is 1.88. The van der Waals surface area contributed by atoms with E-state index in [2.05, 4.69) is 21.7 Å². The fraction of sp³-hybridized carbons (Fsp3) is 0.667. The lowest BCUT2D eigenvalue weighted by molar-refractivity contribution is -0.130. The van der Waals surface area contributed by atoms with Gasteiger partial charge in [0.1, 0.15) is 0 Å². The minimum atomic E-state index is 0.103. The maximum Gasteiger partial charge on any atom is 0.234 e. The lowest BCUT2D eigenvalue weighted by Gasteiger charge is -2.34. The van der Waals surface area contributed by atoms with Crippen LogP contribution >= 0.6 is 11.3 Å². The Kier molecular flexibility index (Phi) is 5.89. The van der Waals surface area contributed by atoms with Crippen LogP contribution in [0.2, 0.25) is 0 Å². The van der Waals surface area contributed by atoms with Crippen LogP contribution in [0.25, 0.3) is 0 Å². The molecule has 0 radical (unpaired) electrons. The van der Waals surface area contributed by atoms with E-state index in [1.165, 1.54) is 4.88 Å². The maximum atomic E-state index is 12.3. The minimum absolute atomic E-state index is 0.103. The van der Waals surface area contributed by atoms with E-state index in [0.29, 0.717) is 25.2 Å². The molecular formula is C18H27N3O2S. The molecule has 0 aliphatic carbocycles. The maximum absolute atomic E-state index is 12.3. The first kappa shape index (κ1) is 17.4. The van der Waals surface area contributed by atoms with Crippen molar-refractivity contribution >= 4 is 23.2 Å². The molecule has 5 nitrogen and oxygen atoms in total. The lowest BCUT2D eigenvalue weighted by atomic mass is 10.0. The molecule has 3 rings (SSSR count). The van der Waals surface area contributed by atoms with E-state index in [-0.39, 0.29) is 11.8 Å². The summed E-state index contributed by atoms with van der Waals surface area (Å²) in [5, 5.41) is 5.10. The first-order valence-electron chi connectivity index (χ1n) is 8.95. The summed E-state index contributed by atoms with van der Waals surface area (Å²) < 4.78 is 0. The van der Waals surface area contributed by atoms with Gasteiger partial charge in [-0.15, -0.1) is 11.3 Å². The van der Waals surface area contributed by atoms with Gasteiger partial charge in [-0.2, -0.15) is 0 Å². The molecule has 0 aromatic carbocycles. The third-order valence-corrected chi connectivity index (χ3v) is 6.12. The zero-order chi connectivity index (χ0) is 16.9. The topological polar surface area (TPSA) is 52.7 Å². The zero-order valence-corrected chi connectivity index (χ0v) is 15.2. The van der Waals surface area contributed by atoms with Gasteiger partial charge in [0.15, 0.2) is 0 Å². The first-order chi connectivity index (χ1) is 11.6. The van der Waals surface area contributed by atoms with E-state index >= 15 is 0 Å². The van der Waals surface area contributed by atoms with Gasteiger partial charge >= 0.3 is 0 Å². The first-order valence-corrected chi connectivity index (χ1v) is 9.83. The standard InChI is InChI=1S/C18H27N3O2S/c1-14(22)21-11-3-7-17(21)16-6-2-10-20(16)13-18(23)19-9-8-15-5-4-12-24-15/h4-5,12,16-17H,2-3,6-11,13H2,1H3,(H,19,23)/t16-,17+/m0/s1. The van der Waals surface area contributed by atoms with Crippen molar-refractivity contribution in [1.82, 2.24) is 15.1 Å². The van der Waals surface area contributed by atoms with Crippen molar-refractivity contribution in [2.75, 3.05) is 26.2 Å². The van der Waals surface area contributed by atoms with Crippen molar-refractivity contribution in [2.45, 2.75) is 51.1 Å². The van der Waals surface area contributed by atoms with Crippen molar-refractivity contribution in [3.8, 4) is 0 Å². The Bertz CT molecular complexity index is 561. The minimum Gasteiger partial charge on any atom is -0.355 e. The van der Waals surface area contributed by atoms with Gasteiger partial charge in [-0.3, -0.25) is 14.5 Å². The van der Waals surface area contributed by atoms with Crippen LogP contribution in [0, 0.1) is 0 Å². The highest BCUT2D eigenvalue weighted by molar-refractivity contribution is 7.09. The number of amides is 2. The summed E-state index contributed by atoms with van der Waals surface area (Å²) in [6, 6.07) is 4.78. The van der Waals surface area contributed by atoms with Crippen LogP contribution < -0.4 is 5.32 Å². The molecule has 6 heteroatoms. The summed E-state index contributed by atoms with van der Waals surface area (Å²) >= 11 is 1.73. The van der Waals surface area contributed by atoms with Gasteiger partial charge in [-0.25, -0.2) is 0 Å². The average molecular weight is 350 g/mol. The predicted molar refractivity (Wildman–Crippen MR) is 96.0 cm³/mol. The largest absolute Gasteiger partial charge is 0.355 e. The van der Waals surface area contributed by atoms with Gasteiger partial charge in [0.2, 0.25) is 11.8 Å². The summed E-state index contributed by atoms with van der Waals surface area (Å²) in [6.07, 6.45) is 5.27. The van der Waals surface area contributed by atoms with Crippen molar-refractivity contribution in [3.05, 3.63) is 22.4 Å². The van der Waals surface area contributed by atoms with Gasteiger partial charge in [0.25, 0.3) is 0 Å². The number of carbonyl (C=O) groups is 2. The molecule has 2 fully saturated rings. The molecule has 2 amide bonds. The van der Waals surface area contributed by atoms with E-state index in [1.807, 2.05) is 11.0 Å². The molecule has 1 N–H and O–H groups in total.